The molecule has 0 aromatic carbocycles. The molecule has 1 aliphatic rings. The van der Waals surface area contributed by atoms with E-state index in [1.807, 2.05) is 27.7 Å². The fraction of sp³-hybridized carbons (Fsp3) is 0.786. The standard InChI is InChI=1S/C14H24N4O2/c1-5-18(9-10-7-6-8-20-10)12(19)11-15-13(17-16-11)14(2,3)4/h10H,5-9H2,1-4H3,(H,15,16,17). The number of aromatic nitrogens is 3. The number of H-pyrrole nitrogens is 1. The number of likely N-dealkylation sites (N-methyl/N-ethyl adjacent to an activating group) is 1. The smallest absolute Gasteiger partial charge is 0.293 e. The number of aromatic amines is 1. The number of rotatable bonds is 4. The van der Waals surface area contributed by atoms with Crippen molar-refractivity contribution in [3.8, 4) is 0 Å². The molecular weight excluding hydrogens is 256 g/mol. The molecule has 6 nitrogen and oxygen atoms in total. The predicted molar refractivity (Wildman–Crippen MR) is 75.6 cm³/mol. The molecule has 0 saturated carbocycles. The molecule has 1 atom stereocenters. The van der Waals surface area contributed by atoms with Crippen molar-refractivity contribution < 1.29 is 9.53 Å². The minimum Gasteiger partial charge on any atom is -0.376 e. The SMILES string of the molecule is CCN(CC1CCCO1)C(=O)c1n[nH]c(C(C)(C)C)n1. The van der Waals surface area contributed by atoms with Gasteiger partial charge in [0.1, 0.15) is 5.82 Å². The highest BCUT2D eigenvalue weighted by molar-refractivity contribution is 5.90. The summed E-state index contributed by atoms with van der Waals surface area (Å²) >= 11 is 0. The topological polar surface area (TPSA) is 71.1 Å². The second kappa shape index (κ2) is 5.91. The molecule has 1 N–H and O–H groups in total. The fourth-order valence-corrected chi connectivity index (χ4v) is 2.22. The van der Waals surface area contributed by atoms with E-state index in [0.717, 1.165) is 25.3 Å². The predicted octanol–water partition coefficient (Wildman–Crippen LogP) is 1.74. The largest absolute Gasteiger partial charge is 0.376 e. The molecule has 1 aromatic rings. The van der Waals surface area contributed by atoms with Crippen LogP contribution in [-0.2, 0) is 10.2 Å². The third-order valence-electron chi connectivity index (χ3n) is 3.50. The van der Waals surface area contributed by atoms with Gasteiger partial charge in [0.2, 0.25) is 5.82 Å². The maximum atomic E-state index is 12.4. The Bertz CT molecular complexity index is 458. The van der Waals surface area contributed by atoms with E-state index in [2.05, 4.69) is 15.2 Å². The summed E-state index contributed by atoms with van der Waals surface area (Å²) in [4.78, 5) is 18.5. The van der Waals surface area contributed by atoms with Gasteiger partial charge in [0.25, 0.3) is 5.91 Å². The first-order valence-corrected chi connectivity index (χ1v) is 7.25. The average molecular weight is 280 g/mol. The molecule has 0 spiro atoms. The van der Waals surface area contributed by atoms with Crippen LogP contribution in [0.5, 0.6) is 0 Å². The molecule has 20 heavy (non-hydrogen) atoms. The Morgan fingerprint density at radius 2 is 2.25 bits per heavy atom. The number of carbonyl (C=O) groups excluding carboxylic acids is 1. The van der Waals surface area contributed by atoms with Crippen LogP contribution in [0.25, 0.3) is 0 Å². The van der Waals surface area contributed by atoms with Gasteiger partial charge in [0, 0.05) is 25.1 Å². The van der Waals surface area contributed by atoms with Gasteiger partial charge in [-0.1, -0.05) is 20.8 Å². The summed E-state index contributed by atoms with van der Waals surface area (Å²) in [5.74, 6) is 0.846. The van der Waals surface area contributed by atoms with Crippen LogP contribution in [0, 0.1) is 0 Å². The van der Waals surface area contributed by atoms with Crippen molar-refractivity contribution in [2.75, 3.05) is 19.7 Å². The van der Waals surface area contributed by atoms with Crippen molar-refractivity contribution >= 4 is 5.91 Å². The average Bonchev–Trinajstić information content (AvgIpc) is 3.05. The van der Waals surface area contributed by atoms with Crippen LogP contribution in [0.4, 0.5) is 0 Å². The van der Waals surface area contributed by atoms with E-state index in [9.17, 15) is 4.79 Å². The zero-order valence-electron chi connectivity index (χ0n) is 12.8. The second-order valence-electron chi connectivity index (χ2n) is 6.24. The Morgan fingerprint density at radius 1 is 1.50 bits per heavy atom. The number of nitrogens with one attached hydrogen (secondary N) is 1. The van der Waals surface area contributed by atoms with Gasteiger partial charge < -0.3 is 9.64 Å². The van der Waals surface area contributed by atoms with Crippen molar-refractivity contribution in [2.45, 2.75) is 52.1 Å². The van der Waals surface area contributed by atoms with Crippen LogP contribution in [0.2, 0.25) is 0 Å². The van der Waals surface area contributed by atoms with Gasteiger partial charge in [0.05, 0.1) is 6.10 Å². The lowest BCUT2D eigenvalue weighted by Gasteiger charge is -2.22. The van der Waals surface area contributed by atoms with Crippen LogP contribution >= 0.6 is 0 Å². The third kappa shape index (κ3) is 3.36. The van der Waals surface area contributed by atoms with Crippen LogP contribution in [-0.4, -0.2) is 51.8 Å². The van der Waals surface area contributed by atoms with Crippen LogP contribution < -0.4 is 0 Å². The zero-order chi connectivity index (χ0) is 14.8. The van der Waals surface area contributed by atoms with Gasteiger partial charge in [-0.15, -0.1) is 5.10 Å². The minimum atomic E-state index is -0.142. The Hall–Kier alpha value is -1.43. The molecule has 0 aliphatic carbocycles. The summed E-state index contributed by atoms with van der Waals surface area (Å²) < 4.78 is 5.59. The first-order valence-electron chi connectivity index (χ1n) is 7.25. The Labute approximate surface area is 119 Å². The molecule has 1 aliphatic heterocycles. The highest BCUT2D eigenvalue weighted by atomic mass is 16.5. The lowest BCUT2D eigenvalue weighted by Crippen LogP contribution is -2.37. The fourth-order valence-electron chi connectivity index (χ4n) is 2.22. The highest BCUT2D eigenvalue weighted by Crippen LogP contribution is 2.18. The first-order chi connectivity index (χ1) is 9.41. The van der Waals surface area contributed by atoms with Crippen LogP contribution in [0.15, 0.2) is 0 Å². The van der Waals surface area contributed by atoms with E-state index < -0.39 is 0 Å². The van der Waals surface area contributed by atoms with Crippen molar-refractivity contribution in [1.82, 2.24) is 20.1 Å². The van der Waals surface area contributed by atoms with Crippen molar-refractivity contribution in [1.29, 1.82) is 0 Å². The van der Waals surface area contributed by atoms with E-state index in [4.69, 9.17) is 4.74 Å². The van der Waals surface area contributed by atoms with Gasteiger partial charge >= 0.3 is 0 Å². The van der Waals surface area contributed by atoms with Gasteiger partial charge in [-0.2, -0.15) is 0 Å². The maximum Gasteiger partial charge on any atom is 0.293 e. The Kier molecular flexibility index (Phi) is 4.42. The summed E-state index contributed by atoms with van der Waals surface area (Å²) in [7, 11) is 0. The normalized spacial score (nSPS) is 19.3. The number of nitrogens with zero attached hydrogens (tertiary/aromatic N) is 3. The van der Waals surface area contributed by atoms with Gasteiger partial charge in [-0.3, -0.25) is 9.89 Å². The maximum absolute atomic E-state index is 12.4. The molecule has 2 rings (SSSR count). The van der Waals surface area contributed by atoms with Crippen LogP contribution in [0.1, 0.15) is 57.0 Å². The third-order valence-corrected chi connectivity index (χ3v) is 3.50. The quantitative estimate of drug-likeness (QED) is 0.912. The molecule has 1 saturated heterocycles. The van der Waals surface area contributed by atoms with Crippen molar-refractivity contribution in [2.24, 2.45) is 0 Å². The molecule has 1 aromatic heterocycles. The van der Waals surface area contributed by atoms with E-state index in [-0.39, 0.29) is 23.3 Å². The molecule has 2 heterocycles. The van der Waals surface area contributed by atoms with E-state index in [0.29, 0.717) is 13.1 Å². The molecule has 0 bridgehead atoms. The molecule has 1 unspecified atom stereocenters. The number of amides is 1. The number of hydrogen-bond donors (Lipinski definition) is 1. The number of carbonyl (C=O) groups is 1. The molecule has 6 heteroatoms. The van der Waals surface area contributed by atoms with Crippen LogP contribution in [0.3, 0.4) is 0 Å². The lowest BCUT2D eigenvalue weighted by atomic mass is 9.96. The van der Waals surface area contributed by atoms with Crippen molar-refractivity contribution in [3.05, 3.63) is 11.6 Å². The summed E-state index contributed by atoms with van der Waals surface area (Å²) in [5, 5.41) is 6.92. The van der Waals surface area contributed by atoms with Gasteiger partial charge in [-0.25, -0.2) is 4.98 Å². The molecule has 112 valence electrons. The van der Waals surface area contributed by atoms with Crippen molar-refractivity contribution in [3.63, 3.8) is 0 Å². The van der Waals surface area contributed by atoms with E-state index in [1.165, 1.54) is 0 Å². The molecule has 0 radical (unpaired) electrons. The molecule has 1 fully saturated rings. The monoisotopic (exact) mass is 280 g/mol. The summed E-state index contributed by atoms with van der Waals surface area (Å²) in [6.45, 7) is 10.1. The summed E-state index contributed by atoms with van der Waals surface area (Å²) in [6.07, 6.45) is 2.25. The minimum absolute atomic E-state index is 0.130. The Balaban J connectivity index is 2.05. The Morgan fingerprint density at radius 3 is 2.75 bits per heavy atom. The zero-order valence-corrected chi connectivity index (χ0v) is 12.8. The van der Waals surface area contributed by atoms with E-state index >= 15 is 0 Å². The highest BCUT2D eigenvalue weighted by Gasteiger charge is 2.26. The van der Waals surface area contributed by atoms with E-state index in [1.54, 1.807) is 4.90 Å². The summed E-state index contributed by atoms with van der Waals surface area (Å²) in [5.41, 5.74) is -0.142. The lowest BCUT2D eigenvalue weighted by molar-refractivity contribution is 0.0530. The second-order valence-corrected chi connectivity index (χ2v) is 6.24. The van der Waals surface area contributed by atoms with Gasteiger partial charge in [0.15, 0.2) is 0 Å². The molecule has 1 amide bonds. The number of ether oxygens (including phenoxy) is 1. The summed E-state index contributed by atoms with van der Waals surface area (Å²) in [6, 6.07) is 0. The van der Waals surface area contributed by atoms with Gasteiger partial charge in [-0.05, 0) is 19.8 Å². The molecular formula is C14H24N4O2. The first kappa shape index (κ1) is 15.0. The number of hydrogen-bond acceptors (Lipinski definition) is 4.